The van der Waals surface area contributed by atoms with E-state index >= 15 is 0 Å². The molecular formula is C33H35FN6O5S. The Morgan fingerprint density at radius 1 is 1.00 bits per heavy atom. The van der Waals surface area contributed by atoms with Gasteiger partial charge >= 0.3 is 6.03 Å². The number of benzene rings is 3. The lowest BCUT2D eigenvalue weighted by molar-refractivity contribution is 0.0998. The van der Waals surface area contributed by atoms with Crippen LogP contribution in [0.3, 0.4) is 0 Å². The largest absolute Gasteiger partial charge is 0.439 e. The molecule has 1 saturated heterocycles. The van der Waals surface area contributed by atoms with Crippen molar-refractivity contribution in [1.29, 1.82) is 0 Å². The highest BCUT2D eigenvalue weighted by molar-refractivity contribution is 7.92. The van der Waals surface area contributed by atoms with Crippen LogP contribution in [0.5, 0.6) is 11.6 Å². The molecule has 0 unspecified atom stereocenters. The third-order valence-electron chi connectivity index (χ3n) is 7.53. The van der Waals surface area contributed by atoms with Crippen molar-refractivity contribution in [3.8, 4) is 11.6 Å². The number of nitrogens with one attached hydrogen (secondary N) is 2. The number of piperidine rings is 1. The first-order chi connectivity index (χ1) is 22.1. The van der Waals surface area contributed by atoms with E-state index in [1.807, 2.05) is 36.4 Å². The molecule has 1 aliphatic heterocycles. The fourth-order valence-corrected chi connectivity index (χ4v) is 5.92. The number of para-hydroxylation sites is 1. The summed E-state index contributed by atoms with van der Waals surface area (Å²) in [6.45, 7) is 1.35. The number of anilines is 3. The first kappa shape index (κ1) is 32.4. The maximum Gasteiger partial charge on any atom is 0.326 e. The molecule has 1 fully saturated rings. The molecule has 46 heavy (non-hydrogen) atoms. The Balaban J connectivity index is 1.19. The smallest absolute Gasteiger partial charge is 0.326 e. The Morgan fingerprint density at radius 2 is 1.70 bits per heavy atom. The lowest BCUT2D eigenvalue weighted by atomic mass is 10.0. The zero-order valence-corrected chi connectivity index (χ0v) is 26.0. The maximum absolute atomic E-state index is 13.6. The number of sulfonamides is 1. The molecule has 1 aliphatic rings. The Hall–Kier alpha value is -5.01. The number of likely N-dealkylation sites (tertiary alicyclic amines) is 1. The fourth-order valence-electron chi connectivity index (χ4n) is 5.35. The second kappa shape index (κ2) is 14.4. The first-order valence-corrected chi connectivity index (χ1v) is 16.5. The highest BCUT2D eigenvalue weighted by Gasteiger charge is 2.29. The van der Waals surface area contributed by atoms with Crippen molar-refractivity contribution >= 4 is 39.0 Å². The third-order valence-corrected chi connectivity index (χ3v) is 8.14. The van der Waals surface area contributed by atoms with Crippen LogP contribution in [0.15, 0.2) is 91.1 Å². The predicted octanol–water partition coefficient (Wildman–Crippen LogP) is 5.52. The normalized spacial score (nSPS) is 14.0. The minimum atomic E-state index is -3.36. The van der Waals surface area contributed by atoms with Crippen LogP contribution in [-0.2, 0) is 23.2 Å². The average Bonchev–Trinajstić information content (AvgIpc) is 3.03. The SMILES string of the molecule is CS(=O)(=O)Nc1ccc(Oc2ccc(CN3CCC(N(C(=O)Nc4ccc(CF)c(C(N)=O)c4)c4ccccc4)CC3)cn2)cc1. The highest BCUT2D eigenvalue weighted by Crippen LogP contribution is 2.27. The molecule has 3 aromatic carbocycles. The van der Waals surface area contributed by atoms with Crippen LogP contribution in [0.1, 0.15) is 34.3 Å². The fraction of sp³-hybridized carbons (Fsp3) is 0.242. The summed E-state index contributed by atoms with van der Waals surface area (Å²) in [7, 11) is -3.36. The lowest BCUT2D eigenvalue weighted by Gasteiger charge is -2.38. The van der Waals surface area contributed by atoms with Gasteiger partial charge in [-0.15, -0.1) is 0 Å². The first-order valence-electron chi connectivity index (χ1n) is 14.6. The van der Waals surface area contributed by atoms with E-state index < -0.39 is 22.6 Å². The maximum atomic E-state index is 13.6. The van der Waals surface area contributed by atoms with Crippen LogP contribution in [0.4, 0.5) is 26.2 Å². The van der Waals surface area contributed by atoms with Crippen LogP contribution in [0, 0.1) is 0 Å². The zero-order valence-electron chi connectivity index (χ0n) is 25.2. The molecule has 11 nitrogen and oxygen atoms in total. The second-order valence-electron chi connectivity index (χ2n) is 11.0. The second-order valence-corrected chi connectivity index (χ2v) is 12.8. The molecule has 240 valence electrons. The van der Waals surface area contributed by atoms with E-state index in [9.17, 15) is 22.4 Å². The van der Waals surface area contributed by atoms with E-state index in [4.69, 9.17) is 10.5 Å². The van der Waals surface area contributed by atoms with Crippen molar-refractivity contribution in [2.45, 2.75) is 32.1 Å². The van der Waals surface area contributed by atoms with Crippen LogP contribution in [0.25, 0.3) is 0 Å². The Morgan fingerprint density at radius 3 is 2.30 bits per heavy atom. The number of hydrogen-bond donors (Lipinski definition) is 3. The molecule has 0 saturated carbocycles. The van der Waals surface area contributed by atoms with Gasteiger partial charge in [0.15, 0.2) is 0 Å². The molecule has 0 radical (unpaired) electrons. The monoisotopic (exact) mass is 646 g/mol. The van der Waals surface area contributed by atoms with Crippen molar-refractivity contribution in [2.24, 2.45) is 5.73 Å². The lowest BCUT2D eigenvalue weighted by Crippen LogP contribution is -2.49. The van der Waals surface area contributed by atoms with Gasteiger partial charge in [0.05, 0.1) is 6.26 Å². The number of aromatic nitrogens is 1. The summed E-state index contributed by atoms with van der Waals surface area (Å²) in [5.74, 6) is 0.181. The molecule has 0 aliphatic carbocycles. The van der Waals surface area contributed by atoms with Gasteiger partial charge in [0.1, 0.15) is 12.4 Å². The topological polar surface area (TPSA) is 147 Å². The quantitative estimate of drug-likeness (QED) is 0.195. The Kier molecular flexibility index (Phi) is 10.1. The molecule has 13 heteroatoms. The van der Waals surface area contributed by atoms with Crippen molar-refractivity contribution in [3.63, 3.8) is 0 Å². The molecule has 2 heterocycles. The van der Waals surface area contributed by atoms with Gasteiger partial charge < -0.3 is 15.8 Å². The number of carbonyl (C=O) groups excluding carboxylic acids is 2. The van der Waals surface area contributed by atoms with Gasteiger partial charge in [-0.05, 0) is 72.5 Å². The Labute approximate surface area is 267 Å². The van der Waals surface area contributed by atoms with Gasteiger partial charge in [-0.2, -0.15) is 0 Å². The molecule has 4 aromatic rings. The van der Waals surface area contributed by atoms with Gasteiger partial charge in [-0.25, -0.2) is 22.6 Å². The number of nitrogens with two attached hydrogens (primary N) is 1. The van der Waals surface area contributed by atoms with Crippen LogP contribution >= 0.6 is 0 Å². The van der Waals surface area contributed by atoms with Crippen molar-refractivity contribution in [3.05, 3.63) is 108 Å². The standard InChI is InChI=1S/C33H35FN6O5S/c1-46(43,44)38-25-10-12-29(13-11-25)45-31-14-7-23(21-36-31)22-39-17-15-28(16-18-39)40(27-5-3-2-4-6-27)33(42)37-26-9-8-24(20-34)30(19-26)32(35)41/h2-14,19,21,28,38H,15-18,20,22H2,1H3,(H2,35,41)(H,37,42). The van der Waals surface area contributed by atoms with Gasteiger partial charge in [0, 0.05) is 60.6 Å². The van der Waals surface area contributed by atoms with E-state index in [2.05, 4.69) is 19.9 Å². The molecule has 0 atom stereocenters. The van der Waals surface area contributed by atoms with Crippen molar-refractivity contribution < 1.29 is 27.1 Å². The van der Waals surface area contributed by atoms with E-state index in [0.717, 1.165) is 43.4 Å². The predicted molar refractivity (Wildman–Crippen MR) is 175 cm³/mol. The molecule has 0 spiro atoms. The van der Waals surface area contributed by atoms with E-state index in [1.54, 1.807) is 47.5 Å². The number of nitrogens with zero attached hydrogens (tertiary/aromatic N) is 3. The van der Waals surface area contributed by atoms with Gasteiger partial charge in [-0.3, -0.25) is 19.3 Å². The average molecular weight is 647 g/mol. The third kappa shape index (κ3) is 8.58. The van der Waals surface area contributed by atoms with Gasteiger partial charge in [0.2, 0.25) is 21.8 Å². The zero-order chi connectivity index (χ0) is 32.7. The van der Waals surface area contributed by atoms with E-state index in [0.29, 0.717) is 29.5 Å². The number of alkyl halides is 1. The van der Waals surface area contributed by atoms with E-state index in [-0.39, 0.29) is 23.2 Å². The number of urea groups is 1. The van der Waals surface area contributed by atoms with Gasteiger partial charge in [-0.1, -0.05) is 30.3 Å². The molecule has 3 amide bonds. The summed E-state index contributed by atoms with van der Waals surface area (Å²) in [6.07, 6.45) is 4.31. The summed E-state index contributed by atoms with van der Waals surface area (Å²) in [6, 6.07) is 23.7. The minimum Gasteiger partial charge on any atom is -0.439 e. The van der Waals surface area contributed by atoms with Crippen molar-refractivity contribution in [2.75, 3.05) is 34.3 Å². The number of halogens is 1. The highest BCUT2D eigenvalue weighted by atomic mass is 32.2. The van der Waals surface area contributed by atoms with Gasteiger partial charge in [0.25, 0.3) is 0 Å². The molecular weight excluding hydrogens is 611 g/mol. The van der Waals surface area contributed by atoms with Crippen LogP contribution < -0.4 is 25.4 Å². The van der Waals surface area contributed by atoms with Crippen LogP contribution in [-0.4, -0.2) is 55.6 Å². The summed E-state index contributed by atoms with van der Waals surface area (Å²) >= 11 is 0. The van der Waals surface area contributed by atoms with E-state index in [1.165, 1.54) is 12.1 Å². The molecule has 5 rings (SSSR count). The number of rotatable bonds is 11. The number of pyridine rings is 1. The molecule has 0 bridgehead atoms. The minimum absolute atomic E-state index is 0.0343. The molecule has 4 N–H and O–H groups in total. The molecule has 1 aromatic heterocycles. The summed E-state index contributed by atoms with van der Waals surface area (Å²) in [5.41, 5.74) is 8.19. The number of carbonyl (C=O) groups is 2. The van der Waals surface area contributed by atoms with Crippen LogP contribution in [0.2, 0.25) is 0 Å². The number of amides is 3. The summed E-state index contributed by atoms with van der Waals surface area (Å²) in [5, 5.41) is 2.87. The summed E-state index contributed by atoms with van der Waals surface area (Å²) in [4.78, 5) is 33.9. The summed E-state index contributed by atoms with van der Waals surface area (Å²) < 4.78 is 44.3. The van der Waals surface area contributed by atoms with Crippen molar-refractivity contribution in [1.82, 2.24) is 9.88 Å². The number of primary amides is 1. The number of hydrogen-bond acceptors (Lipinski definition) is 7. The Bertz CT molecular complexity index is 1760. The number of ether oxygens (including phenoxy) is 1.